The van der Waals surface area contributed by atoms with E-state index < -0.39 is 7.26 Å². The van der Waals surface area contributed by atoms with Crippen LogP contribution in [0.4, 0.5) is 0 Å². The minimum Gasteiger partial charge on any atom is -0.258 e. The van der Waals surface area contributed by atoms with Crippen LogP contribution >= 0.6 is 7.26 Å². The number of aromatic nitrogens is 3. The van der Waals surface area contributed by atoms with Gasteiger partial charge in [-0.3, -0.25) is 5.10 Å². The second-order valence-corrected chi connectivity index (χ2v) is 16.3. The Labute approximate surface area is 219 Å². The Morgan fingerprint density at radius 1 is 0.571 bits per heavy atom. The van der Waals surface area contributed by atoms with Crippen molar-refractivity contribution in [2.24, 2.45) is 0 Å². The molecule has 1 aromatic heterocycles. The Balaban J connectivity index is 0.000000553. The molecular weight excluding hydrogens is 445 g/mol. The van der Waals surface area contributed by atoms with Crippen LogP contribution in [-0.2, 0) is 0 Å². The zero-order chi connectivity index (χ0) is 25.5. The zero-order valence-corrected chi connectivity index (χ0v) is 25.1. The summed E-state index contributed by atoms with van der Waals surface area (Å²) < 4.78 is 0. The molecule has 0 radical (unpaired) electrons. The second-order valence-electron chi connectivity index (χ2n) is 11.2. The minimum atomic E-state index is -0.955. The first kappa shape index (κ1) is 32.1. The van der Waals surface area contributed by atoms with Gasteiger partial charge in [-0.15, -0.1) is 5.10 Å². The molecule has 1 N–H and O–H groups in total. The first-order valence-electron chi connectivity index (χ1n) is 15.4. The summed E-state index contributed by atoms with van der Waals surface area (Å²) in [6.07, 6.45) is 31.4. The van der Waals surface area contributed by atoms with E-state index in [1.807, 2.05) is 24.3 Å². The van der Waals surface area contributed by atoms with Gasteiger partial charge in [0.05, 0.1) is 5.52 Å². The van der Waals surface area contributed by atoms with Gasteiger partial charge in [0.2, 0.25) is 0 Å². The van der Waals surface area contributed by atoms with Gasteiger partial charge in [-0.1, -0.05) is 17.3 Å². The third-order valence-corrected chi connectivity index (χ3v) is 12.3. The van der Waals surface area contributed by atoms with Gasteiger partial charge < -0.3 is 0 Å². The monoisotopic (exact) mass is 505 g/mol. The van der Waals surface area contributed by atoms with Gasteiger partial charge in [-0.2, -0.15) is 0 Å². The normalized spacial score (nSPS) is 12.0. The molecule has 0 saturated carbocycles. The van der Waals surface area contributed by atoms with Gasteiger partial charge in [0.1, 0.15) is 5.52 Å². The fraction of sp³-hybridized carbons (Fsp3) is 0.806. The van der Waals surface area contributed by atoms with Crippen molar-refractivity contribution in [2.45, 2.75) is 136 Å². The molecule has 0 aliphatic rings. The fourth-order valence-electron chi connectivity index (χ4n) is 5.16. The smallest absolute Gasteiger partial charge is 0.112 e. The number of benzene rings is 1. The molecule has 35 heavy (non-hydrogen) atoms. The molecule has 3 nitrogen and oxygen atoms in total. The molecule has 0 atom stereocenters. The van der Waals surface area contributed by atoms with E-state index in [0.717, 1.165) is 11.0 Å². The number of nitrogens with zero attached hydrogens (tertiary/aromatic N) is 2. The number of fused-ring (bicyclic) bond motifs is 1. The molecule has 0 aliphatic carbocycles. The summed E-state index contributed by atoms with van der Waals surface area (Å²) in [5.41, 5.74) is 1.90. The molecule has 1 heterocycles. The van der Waals surface area contributed by atoms with Crippen molar-refractivity contribution in [3.63, 3.8) is 0 Å². The third-order valence-electron chi connectivity index (χ3n) is 7.63. The van der Waals surface area contributed by atoms with Gasteiger partial charge in [0.25, 0.3) is 0 Å². The molecule has 0 aliphatic heterocycles. The molecule has 0 fully saturated rings. The molecule has 0 spiro atoms. The van der Waals surface area contributed by atoms with Crippen LogP contribution in [0, 0.1) is 0 Å². The van der Waals surface area contributed by atoms with Gasteiger partial charge in [0, 0.05) is 0 Å². The van der Waals surface area contributed by atoms with Crippen LogP contribution < -0.4 is 0 Å². The Morgan fingerprint density at radius 3 is 1.40 bits per heavy atom. The Hall–Kier alpha value is -0.950. The van der Waals surface area contributed by atoms with Crippen LogP contribution in [0.25, 0.3) is 11.0 Å². The number of para-hydroxylation sites is 1. The van der Waals surface area contributed by atoms with Crippen LogP contribution in [0.1, 0.15) is 136 Å². The van der Waals surface area contributed by atoms with E-state index in [1.54, 1.807) is 18.5 Å². The Kier molecular flexibility index (Phi) is 20.4. The van der Waals surface area contributed by atoms with Crippen molar-refractivity contribution in [1.82, 2.24) is 15.4 Å². The van der Waals surface area contributed by atoms with E-state index in [-0.39, 0.29) is 0 Å². The predicted octanol–water partition coefficient (Wildman–Crippen LogP) is 10.4. The standard InChI is InChI=1S/C25H55P.C6H5N3/c1-5-8-11-14-17-20-23-26(4,24-21-18-15-12-9-6-2)25-22-19-16-13-10-7-3;1-2-4-6-5(3-1)7-9-8-6/h26H,5-25H2,1-4H3;1-4H,(H,7,8,9). The Bertz CT molecular complexity index is 628. The summed E-state index contributed by atoms with van der Waals surface area (Å²) in [6, 6.07) is 7.74. The SMILES string of the molecule is CCCCCCCC[PH](C)(CCCCCCCC)CCCCCCCC.c1ccc2[nH]nnc2c1. The van der Waals surface area contributed by atoms with Crippen molar-refractivity contribution in [3.8, 4) is 0 Å². The third kappa shape index (κ3) is 17.2. The molecule has 0 saturated heterocycles. The maximum atomic E-state index is 3.81. The first-order chi connectivity index (χ1) is 17.1. The van der Waals surface area contributed by atoms with Gasteiger partial charge in [-0.25, -0.2) is 0 Å². The van der Waals surface area contributed by atoms with Crippen molar-refractivity contribution in [1.29, 1.82) is 0 Å². The number of hydrogen-bond donors (Lipinski definition) is 1. The minimum absolute atomic E-state index is 0.914. The molecule has 2 aromatic rings. The molecule has 0 bridgehead atoms. The molecular formula is C31H60N3P. The molecule has 2 rings (SSSR count). The number of H-pyrrole nitrogens is 1. The number of unbranched alkanes of at least 4 members (excludes halogenated alkanes) is 15. The summed E-state index contributed by atoms with van der Waals surface area (Å²) in [7, 11) is -0.955. The van der Waals surface area contributed by atoms with Crippen molar-refractivity contribution < 1.29 is 0 Å². The largest absolute Gasteiger partial charge is 0.258 e. The number of nitrogens with one attached hydrogen (secondary N) is 1. The van der Waals surface area contributed by atoms with E-state index in [2.05, 4.69) is 42.8 Å². The molecule has 204 valence electrons. The summed E-state index contributed by atoms with van der Waals surface area (Å²) >= 11 is 0. The van der Waals surface area contributed by atoms with Gasteiger partial charge in [0.15, 0.2) is 0 Å². The van der Waals surface area contributed by atoms with Crippen LogP contribution in [0.3, 0.4) is 0 Å². The van der Waals surface area contributed by atoms with E-state index in [4.69, 9.17) is 0 Å². The molecule has 0 amide bonds. The Morgan fingerprint density at radius 2 is 0.971 bits per heavy atom. The van der Waals surface area contributed by atoms with Crippen LogP contribution in [-0.4, -0.2) is 40.6 Å². The van der Waals surface area contributed by atoms with Gasteiger partial charge >= 0.3 is 169 Å². The summed E-state index contributed by atoms with van der Waals surface area (Å²) in [6.45, 7) is 9.73. The van der Waals surface area contributed by atoms with E-state index >= 15 is 0 Å². The van der Waals surface area contributed by atoms with E-state index in [0.29, 0.717) is 0 Å². The topological polar surface area (TPSA) is 41.6 Å². The number of rotatable bonds is 21. The van der Waals surface area contributed by atoms with Crippen molar-refractivity contribution >= 4 is 18.3 Å². The quantitative estimate of drug-likeness (QED) is 0.135. The summed E-state index contributed by atoms with van der Waals surface area (Å²) in [4.78, 5) is 0. The van der Waals surface area contributed by atoms with Crippen molar-refractivity contribution in [2.75, 3.05) is 25.2 Å². The maximum Gasteiger partial charge on any atom is 0.112 e. The molecule has 0 unspecified atom stereocenters. The summed E-state index contributed by atoms with van der Waals surface area (Å²) in [5, 5.41) is 10.2. The molecule has 4 heteroatoms. The van der Waals surface area contributed by atoms with Crippen LogP contribution in [0.2, 0.25) is 0 Å². The number of aromatic amines is 1. The zero-order valence-electron chi connectivity index (χ0n) is 24.1. The predicted molar refractivity (Wildman–Crippen MR) is 163 cm³/mol. The van der Waals surface area contributed by atoms with Crippen LogP contribution in [0.15, 0.2) is 24.3 Å². The number of hydrogen-bond acceptors (Lipinski definition) is 2. The summed E-state index contributed by atoms with van der Waals surface area (Å²) in [5.74, 6) is 0. The van der Waals surface area contributed by atoms with Crippen molar-refractivity contribution in [3.05, 3.63) is 24.3 Å². The van der Waals surface area contributed by atoms with E-state index in [9.17, 15) is 0 Å². The average Bonchev–Trinajstić information content (AvgIpc) is 3.35. The van der Waals surface area contributed by atoms with Crippen LogP contribution in [0.5, 0.6) is 0 Å². The van der Waals surface area contributed by atoms with E-state index in [1.165, 1.54) is 116 Å². The maximum absolute atomic E-state index is 3.81. The first-order valence-corrected chi connectivity index (χ1v) is 18.5. The second kappa shape index (κ2) is 22.3. The molecule has 1 aromatic carbocycles. The fourth-order valence-corrected chi connectivity index (χ4v) is 9.22. The average molecular weight is 506 g/mol. The van der Waals surface area contributed by atoms with Gasteiger partial charge in [-0.05, 0) is 12.1 Å².